The van der Waals surface area contributed by atoms with Gasteiger partial charge in [-0.1, -0.05) is 18.2 Å². The first-order chi connectivity index (χ1) is 8.72. The monoisotopic (exact) mass is 247 g/mol. The zero-order chi connectivity index (χ0) is 13.0. The average molecular weight is 247 g/mol. The van der Waals surface area contributed by atoms with E-state index in [4.69, 9.17) is 5.73 Å². The predicted molar refractivity (Wildman–Crippen MR) is 73.7 cm³/mol. The van der Waals surface area contributed by atoms with E-state index < -0.39 is 0 Å². The second-order valence-corrected chi connectivity index (χ2v) is 4.80. The second kappa shape index (κ2) is 5.98. The Morgan fingerprint density at radius 3 is 3.00 bits per heavy atom. The van der Waals surface area contributed by atoms with Gasteiger partial charge >= 0.3 is 0 Å². The number of nitrogens with two attached hydrogens (primary N) is 1. The van der Waals surface area contributed by atoms with Gasteiger partial charge in [0.15, 0.2) is 0 Å². The molecule has 1 amide bonds. The van der Waals surface area contributed by atoms with Crippen LogP contribution >= 0.6 is 0 Å². The number of benzene rings is 1. The van der Waals surface area contributed by atoms with Crippen LogP contribution in [0.25, 0.3) is 0 Å². The molecule has 0 atom stereocenters. The van der Waals surface area contributed by atoms with Crippen LogP contribution in [-0.4, -0.2) is 44.0 Å². The number of hydrogen-bond acceptors (Lipinski definition) is 3. The molecule has 0 saturated carbocycles. The Balaban J connectivity index is 1.95. The second-order valence-electron chi connectivity index (χ2n) is 4.80. The van der Waals surface area contributed by atoms with Crippen LogP contribution in [0.15, 0.2) is 24.3 Å². The highest BCUT2D eigenvalue weighted by Gasteiger charge is 2.24. The molecule has 1 aliphatic heterocycles. The number of likely N-dealkylation sites (N-methyl/N-ethyl adjacent to an activating group) is 1. The molecule has 18 heavy (non-hydrogen) atoms. The third-order valence-corrected chi connectivity index (χ3v) is 3.34. The van der Waals surface area contributed by atoms with Crippen molar-refractivity contribution < 1.29 is 4.79 Å². The van der Waals surface area contributed by atoms with Crippen LogP contribution in [0.5, 0.6) is 0 Å². The molecule has 4 heteroatoms. The fourth-order valence-corrected chi connectivity index (χ4v) is 2.35. The minimum Gasteiger partial charge on any atom is -0.330 e. The summed E-state index contributed by atoms with van der Waals surface area (Å²) < 4.78 is 0. The lowest BCUT2D eigenvalue weighted by Gasteiger charge is -2.21. The summed E-state index contributed by atoms with van der Waals surface area (Å²) >= 11 is 0. The van der Waals surface area contributed by atoms with Gasteiger partial charge in [0, 0.05) is 12.2 Å². The molecule has 0 fully saturated rings. The van der Waals surface area contributed by atoms with E-state index in [1.807, 2.05) is 35.0 Å². The van der Waals surface area contributed by atoms with E-state index in [0.29, 0.717) is 13.1 Å². The largest absolute Gasteiger partial charge is 0.330 e. The van der Waals surface area contributed by atoms with Crippen molar-refractivity contribution in [2.75, 3.05) is 38.1 Å². The summed E-state index contributed by atoms with van der Waals surface area (Å²) in [6.07, 6.45) is 1.90. The third-order valence-electron chi connectivity index (χ3n) is 3.34. The van der Waals surface area contributed by atoms with Crippen LogP contribution in [0.3, 0.4) is 0 Å². The van der Waals surface area contributed by atoms with E-state index in [0.717, 1.165) is 31.6 Å². The van der Waals surface area contributed by atoms with Gasteiger partial charge in [-0.05, 0) is 44.6 Å². The van der Waals surface area contributed by atoms with E-state index >= 15 is 0 Å². The number of anilines is 1. The van der Waals surface area contributed by atoms with E-state index in [9.17, 15) is 4.79 Å². The van der Waals surface area contributed by atoms with Crippen LogP contribution in [0.2, 0.25) is 0 Å². The zero-order valence-electron chi connectivity index (χ0n) is 10.9. The van der Waals surface area contributed by atoms with Crippen molar-refractivity contribution in [2.45, 2.75) is 12.8 Å². The molecule has 1 heterocycles. The predicted octanol–water partition coefficient (Wildman–Crippen LogP) is 0.856. The lowest BCUT2D eigenvalue weighted by molar-refractivity contribution is -0.119. The average Bonchev–Trinajstić information content (AvgIpc) is 2.80. The quantitative estimate of drug-likeness (QED) is 0.839. The highest BCUT2D eigenvalue weighted by Crippen LogP contribution is 2.27. The number of para-hydroxylation sites is 1. The van der Waals surface area contributed by atoms with Gasteiger partial charge in [0.25, 0.3) is 0 Å². The lowest BCUT2D eigenvalue weighted by atomic mass is 10.2. The third kappa shape index (κ3) is 2.89. The molecule has 98 valence electrons. The Morgan fingerprint density at radius 1 is 1.44 bits per heavy atom. The molecule has 0 saturated heterocycles. The zero-order valence-corrected chi connectivity index (χ0v) is 10.9. The molecule has 0 aromatic heterocycles. The first-order valence-corrected chi connectivity index (χ1v) is 6.49. The van der Waals surface area contributed by atoms with Crippen LogP contribution in [0.4, 0.5) is 5.69 Å². The highest BCUT2D eigenvalue weighted by atomic mass is 16.2. The molecule has 1 aromatic carbocycles. The van der Waals surface area contributed by atoms with E-state index in [1.54, 1.807) is 0 Å². The smallest absolute Gasteiger partial charge is 0.241 e. The van der Waals surface area contributed by atoms with Crippen molar-refractivity contribution in [3.05, 3.63) is 29.8 Å². The van der Waals surface area contributed by atoms with Crippen molar-refractivity contribution in [2.24, 2.45) is 5.73 Å². The van der Waals surface area contributed by atoms with Gasteiger partial charge in [0.05, 0.1) is 6.54 Å². The van der Waals surface area contributed by atoms with Crippen LogP contribution in [-0.2, 0) is 11.2 Å². The molecule has 2 N–H and O–H groups in total. The maximum absolute atomic E-state index is 12.2. The van der Waals surface area contributed by atoms with Crippen molar-refractivity contribution in [3.8, 4) is 0 Å². The first kappa shape index (κ1) is 13.1. The number of hydrogen-bond donors (Lipinski definition) is 1. The molecule has 0 spiro atoms. The van der Waals surface area contributed by atoms with Gasteiger partial charge in [0.1, 0.15) is 0 Å². The molecule has 0 radical (unpaired) electrons. The van der Waals surface area contributed by atoms with Gasteiger partial charge in [-0.15, -0.1) is 0 Å². The molecule has 0 aliphatic carbocycles. The summed E-state index contributed by atoms with van der Waals surface area (Å²) in [7, 11) is 1.97. The van der Waals surface area contributed by atoms with Crippen molar-refractivity contribution >= 4 is 11.6 Å². The molecular formula is C14H21N3O. The highest BCUT2D eigenvalue weighted by molar-refractivity contribution is 5.96. The normalized spacial score (nSPS) is 14.1. The number of amides is 1. The first-order valence-electron chi connectivity index (χ1n) is 6.49. The van der Waals surface area contributed by atoms with Gasteiger partial charge in [-0.3, -0.25) is 9.69 Å². The van der Waals surface area contributed by atoms with Crippen LogP contribution < -0.4 is 10.6 Å². The topological polar surface area (TPSA) is 49.6 Å². The molecule has 2 rings (SSSR count). The summed E-state index contributed by atoms with van der Waals surface area (Å²) in [5.41, 5.74) is 7.82. The molecule has 0 bridgehead atoms. The summed E-state index contributed by atoms with van der Waals surface area (Å²) in [5.74, 6) is 0.180. The van der Waals surface area contributed by atoms with Gasteiger partial charge < -0.3 is 10.6 Å². The Hall–Kier alpha value is -1.39. The number of fused-ring (bicyclic) bond motifs is 1. The summed E-state index contributed by atoms with van der Waals surface area (Å²) in [4.78, 5) is 16.2. The van der Waals surface area contributed by atoms with Gasteiger partial charge in [-0.2, -0.15) is 0 Å². The molecule has 4 nitrogen and oxygen atoms in total. The standard InChI is InChI=1S/C14H21N3O/c1-16(9-4-8-15)11-14(18)17-10-7-12-5-2-3-6-13(12)17/h2-3,5-6H,4,7-11,15H2,1H3. The Bertz CT molecular complexity index is 419. The van der Waals surface area contributed by atoms with E-state index in [1.165, 1.54) is 5.56 Å². The maximum atomic E-state index is 12.2. The van der Waals surface area contributed by atoms with Crippen LogP contribution in [0, 0.1) is 0 Å². The Labute approximate surface area is 108 Å². The Kier molecular flexibility index (Phi) is 4.33. The Morgan fingerprint density at radius 2 is 2.22 bits per heavy atom. The minimum atomic E-state index is 0.180. The van der Waals surface area contributed by atoms with Crippen molar-refractivity contribution in [1.82, 2.24) is 4.90 Å². The lowest BCUT2D eigenvalue weighted by Crippen LogP contribution is -2.38. The molecule has 0 unspecified atom stereocenters. The summed E-state index contributed by atoms with van der Waals surface area (Å²) in [6, 6.07) is 8.14. The molecular weight excluding hydrogens is 226 g/mol. The molecule has 1 aromatic rings. The number of rotatable bonds is 5. The van der Waals surface area contributed by atoms with E-state index in [-0.39, 0.29) is 5.91 Å². The van der Waals surface area contributed by atoms with Crippen LogP contribution in [0.1, 0.15) is 12.0 Å². The number of carbonyl (C=O) groups is 1. The van der Waals surface area contributed by atoms with Gasteiger partial charge in [0.2, 0.25) is 5.91 Å². The van der Waals surface area contributed by atoms with Gasteiger partial charge in [-0.25, -0.2) is 0 Å². The minimum absolute atomic E-state index is 0.180. The number of carbonyl (C=O) groups excluding carboxylic acids is 1. The van der Waals surface area contributed by atoms with Crippen molar-refractivity contribution in [3.63, 3.8) is 0 Å². The number of nitrogens with zero attached hydrogens (tertiary/aromatic N) is 2. The summed E-state index contributed by atoms with van der Waals surface area (Å²) in [5, 5.41) is 0. The van der Waals surface area contributed by atoms with Crippen molar-refractivity contribution in [1.29, 1.82) is 0 Å². The summed E-state index contributed by atoms with van der Waals surface area (Å²) in [6.45, 7) is 2.82. The maximum Gasteiger partial charge on any atom is 0.241 e. The SMILES string of the molecule is CN(CCCN)CC(=O)N1CCc2ccccc21. The van der Waals surface area contributed by atoms with E-state index in [2.05, 4.69) is 6.07 Å². The fraction of sp³-hybridized carbons (Fsp3) is 0.500. The molecule has 1 aliphatic rings. The fourth-order valence-electron chi connectivity index (χ4n) is 2.35.